The van der Waals surface area contributed by atoms with Gasteiger partial charge in [-0.1, -0.05) is 12.2 Å². The van der Waals surface area contributed by atoms with E-state index in [2.05, 4.69) is 0 Å². The molecule has 3 atom stereocenters. The van der Waals surface area contributed by atoms with Gasteiger partial charge in [0, 0.05) is 6.92 Å². The molecule has 1 fully saturated rings. The van der Waals surface area contributed by atoms with Gasteiger partial charge in [-0.05, 0) is 19.8 Å². The fraction of sp³-hybridized carbons (Fsp3) is 0.533. The lowest BCUT2D eigenvalue weighted by molar-refractivity contribution is -0.159. The smallest absolute Gasteiger partial charge is 0.329 e. The maximum atomic E-state index is 12.3. The van der Waals surface area contributed by atoms with E-state index in [9.17, 15) is 24.0 Å². The Labute approximate surface area is 138 Å². The molecule has 9 heteroatoms. The summed E-state index contributed by atoms with van der Waals surface area (Å²) in [5.74, 6) is -3.71. The molecule has 1 saturated heterocycles. The van der Waals surface area contributed by atoms with Crippen molar-refractivity contribution < 1.29 is 28.7 Å². The number of nitrogens with zero attached hydrogens (tertiary/aromatic N) is 1. The number of carbonyl (C=O) groups excluding carboxylic acids is 5. The molecule has 1 aliphatic heterocycles. The number of ether oxygens (including phenoxy) is 1. The molecule has 1 heterocycles. The Morgan fingerprint density at radius 3 is 2.21 bits per heavy atom. The molecule has 9 nitrogen and oxygen atoms in total. The first-order chi connectivity index (χ1) is 11.3. The number of hydrogen-bond donors (Lipinski definition) is 2. The molecule has 0 radical (unpaired) electrons. The van der Waals surface area contributed by atoms with Crippen molar-refractivity contribution in [3.63, 3.8) is 0 Å². The highest BCUT2D eigenvalue weighted by atomic mass is 16.5. The number of carbonyl (C=O) groups is 5. The number of nitrogens with one attached hydrogen (secondary N) is 2. The van der Waals surface area contributed by atoms with Gasteiger partial charge >= 0.3 is 5.97 Å². The molecule has 0 aromatic carbocycles. The molecule has 2 rings (SSSR count). The number of imide groups is 1. The Morgan fingerprint density at radius 1 is 1.17 bits per heavy atom. The van der Waals surface area contributed by atoms with Crippen LogP contribution in [0.2, 0.25) is 0 Å². The molecule has 0 bridgehead atoms. The quantitative estimate of drug-likeness (QED) is 0.295. The van der Waals surface area contributed by atoms with Crippen molar-refractivity contribution in [3.05, 3.63) is 12.2 Å². The first kappa shape index (κ1) is 17.6. The van der Waals surface area contributed by atoms with Crippen LogP contribution in [0.5, 0.6) is 0 Å². The molecule has 24 heavy (non-hydrogen) atoms. The molecule has 0 aromatic heterocycles. The van der Waals surface area contributed by atoms with E-state index in [4.69, 9.17) is 4.74 Å². The van der Waals surface area contributed by atoms with Gasteiger partial charge in [0.05, 0.1) is 11.8 Å². The van der Waals surface area contributed by atoms with Crippen LogP contribution in [0.3, 0.4) is 0 Å². The van der Waals surface area contributed by atoms with E-state index < -0.39 is 42.3 Å². The minimum absolute atomic E-state index is 0.388. The second-order valence-electron chi connectivity index (χ2n) is 5.72. The maximum Gasteiger partial charge on any atom is 0.329 e. The molecular weight excluding hydrogens is 318 g/mol. The highest BCUT2D eigenvalue weighted by Gasteiger charge is 2.50. The van der Waals surface area contributed by atoms with E-state index in [1.54, 1.807) is 0 Å². The van der Waals surface area contributed by atoms with E-state index in [0.717, 1.165) is 4.90 Å². The molecule has 130 valence electrons. The van der Waals surface area contributed by atoms with Crippen LogP contribution in [-0.4, -0.2) is 47.1 Å². The molecular formula is C15H19N3O6. The predicted octanol–water partition coefficient (Wildman–Crippen LogP) is -0.963. The standard InChI is InChI=1S/C15H19N3O6/c1-8(15(23)24-7-12(20)17-16-9(2)19)18-13(21)10-5-3-4-6-11(10)14(18)22/h3-4,8,10-11H,5-7H2,1-2H3,(H,16,19)(H,17,20)/t8-,10-,11-/m0/s1. The number of hydrazine groups is 1. The summed E-state index contributed by atoms with van der Waals surface area (Å²) in [6.45, 7) is 1.95. The largest absolute Gasteiger partial charge is 0.454 e. The lowest BCUT2D eigenvalue weighted by Gasteiger charge is -2.21. The minimum Gasteiger partial charge on any atom is -0.454 e. The van der Waals surface area contributed by atoms with Crippen LogP contribution >= 0.6 is 0 Å². The Morgan fingerprint density at radius 2 is 1.71 bits per heavy atom. The lowest BCUT2D eigenvalue weighted by Crippen LogP contribution is -2.46. The van der Waals surface area contributed by atoms with Crippen molar-refractivity contribution >= 4 is 29.6 Å². The van der Waals surface area contributed by atoms with Gasteiger partial charge in [0.2, 0.25) is 17.7 Å². The zero-order valence-electron chi connectivity index (χ0n) is 13.4. The number of amides is 4. The summed E-state index contributed by atoms with van der Waals surface area (Å²) in [5, 5.41) is 0. The molecule has 0 spiro atoms. The summed E-state index contributed by atoms with van der Waals surface area (Å²) < 4.78 is 4.80. The van der Waals surface area contributed by atoms with Gasteiger partial charge < -0.3 is 4.74 Å². The highest BCUT2D eigenvalue weighted by Crippen LogP contribution is 2.36. The van der Waals surface area contributed by atoms with Crippen LogP contribution in [0.15, 0.2) is 12.2 Å². The number of hydrogen-bond acceptors (Lipinski definition) is 6. The van der Waals surface area contributed by atoms with E-state index in [1.165, 1.54) is 13.8 Å². The van der Waals surface area contributed by atoms with Crippen molar-refractivity contribution in [1.29, 1.82) is 0 Å². The van der Waals surface area contributed by atoms with Crippen molar-refractivity contribution in [1.82, 2.24) is 15.8 Å². The summed E-state index contributed by atoms with van der Waals surface area (Å²) in [6.07, 6.45) is 4.66. The summed E-state index contributed by atoms with van der Waals surface area (Å²) in [4.78, 5) is 59.7. The van der Waals surface area contributed by atoms with E-state index in [1.807, 2.05) is 23.0 Å². The van der Waals surface area contributed by atoms with Gasteiger partial charge in [0.1, 0.15) is 6.04 Å². The summed E-state index contributed by atoms with van der Waals surface area (Å²) >= 11 is 0. The Bertz CT molecular complexity index is 588. The van der Waals surface area contributed by atoms with Gasteiger partial charge in [-0.3, -0.25) is 34.9 Å². The minimum atomic E-state index is -1.11. The lowest BCUT2D eigenvalue weighted by atomic mass is 9.85. The third kappa shape index (κ3) is 3.61. The molecule has 4 amide bonds. The summed E-state index contributed by atoms with van der Waals surface area (Å²) in [5.41, 5.74) is 4.08. The van der Waals surface area contributed by atoms with Crippen molar-refractivity contribution in [2.75, 3.05) is 6.61 Å². The maximum absolute atomic E-state index is 12.3. The normalized spacial score (nSPS) is 23.5. The summed E-state index contributed by atoms with van der Waals surface area (Å²) in [7, 11) is 0. The third-order valence-corrected chi connectivity index (χ3v) is 3.99. The van der Waals surface area contributed by atoms with Gasteiger partial charge in [-0.15, -0.1) is 0 Å². The fourth-order valence-corrected chi connectivity index (χ4v) is 2.76. The Hall–Kier alpha value is -2.71. The summed E-state index contributed by atoms with van der Waals surface area (Å²) in [6, 6.07) is -1.11. The second-order valence-corrected chi connectivity index (χ2v) is 5.72. The Kier molecular flexibility index (Phi) is 5.32. The monoisotopic (exact) mass is 337 g/mol. The van der Waals surface area contributed by atoms with Crippen molar-refractivity contribution in [2.45, 2.75) is 32.7 Å². The molecule has 2 aliphatic rings. The van der Waals surface area contributed by atoms with Gasteiger partial charge in [-0.2, -0.15) is 0 Å². The zero-order valence-corrected chi connectivity index (χ0v) is 13.4. The average molecular weight is 337 g/mol. The van der Waals surface area contributed by atoms with E-state index >= 15 is 0 Å². The van der Waals surface area contributed by atoms with Gasteiger partial charge in [0.25, 0.3) is 5.91 Å². The zero-order chi connectivity index (χ0) is 17.9. The van der Waals surface area contributed by atoms with Crippen LogP contribution < -0.4 is 10.9 Å². The SMILES string of the molecule is CC(=O)NNC(=O)COC(=O)[C@H](C)N1C(=O)[C@H]2CC=CC[C@@H]2C1=O. The molecule has 0 saturated carbocycles. The highest BCUT2D eigenvalue weighted by molar-refractivity contribution is 6.08. The molecule has 0 unspecified atom stereocenters. The number of likely N-dealkylation sites (tertiary alicyclic amines) is 1. The number of esters is 1. The van der Waals surface area contributed by atoms with Crippen LogP contribution in [-0.2, 0) is 28.7 Å². The van der Waals surface area contributed by atoms with Gasteiger partial charge in [0.15, 0.2) is 6.61 Å². The predicted molar refractivity (Wildman–Crippen MR) is 79.6 cm³/mol. The number of rotatable bonds is 4. The number of fused-ring (bicyclic) bond motifs is 1. The van der Waals surface area contributed by atoms with Crippen LogP contribution in [0.4, 0.5) is 0 Å². The van der Waals surface area contributed by atoms with Crippen LogP contribution in [0.1, 0.15) is 26.7 Å². The second kappa shape index (κ2) is 7.24. The van der Waals surface area contributed by atoms with Crippen LogP contribution in [0, 0.1) is 11.8 Å². The van der Waals surface area contributed by atoms with E-state index in [0.29, 0.717) is 12.8 Å². The first-order valence-corrected chi connectivity index (χ1v) is 7.57. The van der Waals surface area contributed by atoms with E-state index in [-0.39, 0.29) is 11.8 Å². The fourth-order valence-electron chi connectivity index (χ4n) is 2.76. The van der Waals surface area contributed by atoms with Crippen LogP contribution in [0.25, 0.3) is 0 Å². The third-order valence-electron chi connectivity index (χ3n) is 3.99. The Balaban J connectivity index is 1.91. The molecule has 1 aliphatic carbocycles. The topological polar surface area (TPSA) is 122 Å². The van der Waals surface area contributed by atoms with Crippen molar-refractivity contribution in [2.24, 2.45) is 11.8 Å². The first-order valence-electron chi connectivity index (χ1n) is 7.57. The van der Waals surface area contributed by atoms with Crippen molar-refractivity contribution in [3.8, 4) is 0 Å². The number of allylic oxidation sites excluding steroid dienone is 2. The molecule has 0 aromatic rings. The van der Waals surface area contributed by atoms with Gasteiger partial charge in [-0.25, -0.2) is 4.79 Å². The average Bonchev–Trinajstić information content (AvgIpc) is 2.81. The molecule has 2 N–H and O–H groups in total.